The number of hydrogen-bond donors (Lipinski definition) is 2. The van der Waals surface area contributed by atoms with E-state index in [4.69, 9.17) is 9.15 Å². The molecule has 0 radical (unpaired) electrons. The Balaban J connectivity index is 2.00. The summed E-state index contributed by atoms with van der Waals surface area (Å²) in [7, 11) is 0. The molecule has 1 aromatic carbocycles. The summed E-state index contributed by atoms with van der Waals surface area (Å²) in [6.45, 7) is 8.51. The molecular formula is C17H22NO4+. The van der Waals surface area contributed by atoms with Crippen molar-refractivity contribution in [1.29, 1.82) is 0 Å². The van der Waals surface area contributed by atoms with Crippen LogP contribution in [-0.2, 0) is 11.3 Å². The van der Waals surface area contributed by atoms with Gasteiger partial charge in [0.05, 0.1) is 0 Å². The third kappa shape index (κ3) is 2.87. The van der Waals surface area contributed by atoms with Crippen molar-refractivity contribution in [3.8, 4) is 5.75 Å². The Labute approximate surface area is 129 Å². The van der Waals surface area contributed by atoms with E-state index in [0.29, 0.717) is 11.1 Å². The van der Waals surface area contributed by atoms with Gasteiger partial charge in [-0.15, -0.1) is 0 Å². The van der Waals surface area contributed by atoms with Gasteiger partial charge in [-0.25, -0.2) is 4.79 Å². The van der Waals surface area contributed by atoms with E-state index >= 15 is 0 Å². The third-order valence-electron chi connectivity index (χ3n) is 4.28. The molecule has 1 aromatic heterocycles. The van der Waals surface area contributed by atoms with E-state index in [1.54, 1.807) is 19.1 Å². The quantitative estimate of drug-likeness (QED) is 0.813. The number of hydrogen-bond acceptors (Lipinski definition) is 4. The van der Waals surface area contributed by atoms with E-state index < -0.39 is 0 Å². The van der Waals surface area contributed by atoms with Crippen LogP contribution in [0, 0.1) is 6.92 Å². The van der Waals surface area contributed by atoms with Crippen molar-refractivity contribution in [1.82, 2.24) is 0 Å². The Bertz CT molecular complexity index is 742. The van der Waals surface area contributed by atoms with Crippen LogP contribution in [0.5, 0.6) is 5.75 Å². The summed E-state index contributed by atoms with van der Waals surface area (Å²) in [5, 5.41) is 10.7. The van der Waals surface area contributed by atoms with E-state index in [1.165, 1.54) is 4.90 Å². The fourth-order valence-electron chi connectivity index (χ4n) is 3.36. The Morgan fingerprint density at radius 1 is 1.27 bits per heavy atom. The normalized spacial score (nSPS) is 25.5. The monoisotopic (exact) mass is 304 g/mol. The molecule has 22 heavy (non-hydrogen) atoms. The average molecular weight is 304 g/mol. The second-order valence-corrected chi connectivity index (χ2v) is 6.27. The van der Waals surface area contributed by atoms with Gasteiger partial charge in [-0.3, -0.25) is 0 Å². The first-order chi connectivity index (χ1) is 10.4. The number of benzene rings is 1. The fourth-order valence-corrected chi connectivity index (χ4v) is 3.36. The Morgan fingerprint density at radius 3 is 2.64 bits per heavy atom. The number of nitrogens with one attached hydrogen (secondary N) is 1. The molecule has 0 saturated carbocycles. The van der Waals surface area contributed by atoms with Crippen LogP contribution in [-0.4, -0.2) is 30.4 Å². The number of ether oxygens (including phenoxy) is 1. The first kappa shape index (κ1) is 15.1. The summed E-state index contributed by atoms with van der Waals surface area (Å²) in [5.74, 6) is 0.147. The highest BCUT2D eigenvalue weighted by Gasteiger charge is 2.26. The van der Waals surface area contributed by atoms with Crippen LogP contribution in [0.15, 0.2) is 27.4 Å². The molecule has 5 nitrogen and oxygen atoms in total. The van der Waals surface area contributed by atoms with Crippen LogP contribution in [0.1, 0.15) is 25.0 Å². The molecular weight excluding hydrogens is 282 g/mol. The van der Waals surface area contributed by atoms with Gasteiger partial charge in [-0.2, -0.15) is 0 Å². The smallest absolute Gasteiger partial charge is 0.336 e. The van der Waals surface area contributed by atoms with Gasteiger partial charge >= 0.3 is 5.63 Å². The summed E-state index contributed by atoms with van der Waals surface area (Å²) in [6.07, 6.45) is 0.437. The molecule has 2 aromatic rings. The summed E-state index contributed by atoms with van der Waals surface area (Å²) in [5.41, 5.74) is 1.68. The number of phenolic OH excluding ortho intramolecular Hbond substituents is 1. The number of aromatic hydroxyl groups is 1. The Kier molecular flexibility index (Phi) is 3.93. The Morgan fingerprint density at radius 2 is 1.95 bits per heavy atom. The summed E-state index contributed by atoms with van der Waals surface area (Å²) in [4.78, 5) is 13.2. The average Bonchev–Trinajstić information content (AvgIpc) is 2.42. The van der Waals surface area contributed by atoms with E-state index in [9.17, 15) is 9.90 Å². The second-order valence-electron chi connectivity index (χ2n) is 6.27. The lowest BCUT2D eigenvalue weighted by Crippen LogP contribution is -3.14. The van der Waals surface area contributed by atoms with Crippen molar-refractivity contribution in [2.45, 2.75) is 39.5 Å². The number of rotatable bonds is 2. The van der Waals surface area contributed by atoms with Crippen LogP contribution in [0.4, 0.5) is 0 Å². The summed E-state index contributed by atoms with van der Waals surface area (Å²) < 4.78 is 11.1. The maximum Gasteiger partial charge on any atom is 0.336 e. The molecule has 1 fully saturated rings. The van der Waals surface area contributed by atoms with Gasteiger partial charge < -0.3 is 19.2 Å². The maximum absolute atomic E-state index is 11.9. The number of quaternary nitrogens is 1. The number of phenols is 1. The SMILES string of the molecule is Cc1c(O)ccc2c(C[NH+]3C[C@@H](C)O[C@H](C)C3)cc(=O)oc12. The van der Waals surface area contributed by atoms with Gasteiger partial charge in [-0.05, 0) is 32.9 Å². The van der Waals surface area contributed by atoms with Crippen molar-refractivity contribution in [3.05, 3.63) is 39.7 Å². The molecule has 1 aliphatic heterocycles. The number of morpholine rings is 1. The Hall–Kier alpha value is -1.85. The highest BCUT2D eigenvalue weighted by atomic mass is 16.5. The van der Waals surface area contributed by atoms with Crippen LogP contribution in [0.25, 0.3) is 11.0 Å². The summed E-state index contributed by atoms with van der Waals surface area (Å²) in [6, 6.07) is 5.04. The summed E-state index contributed by atoms with van der Waals surface area (Å²) >= 11 is 0. The molecule has 118 valence electrons. The molecule has 0 aliphatic carbocycles. The lowest BCUT2D eigenvalue weighted by Gasteiger charge is -2.32. The van der Waals surface area contributed by atoms with Crippen LogP contribution < -0.4 is 10.5 Å². The van der Waals surface area contributed by atoms with Gasteiger partial charge in [0.15, 0.2) is 0 Å². The van der Waals surface area contributed by atoms with Crippen LogP contribution in [0.2, 0.25) is 0 Å². The predicted molar refractivity (Wildman–Crippen MR) is 83.3 cm³/mol. The second kappa shape index (κ2) is 5.74. The molecule has 5 heteroatoms. The molecule has 2 N–H and O–H groups in total. The van der Waals surface area contributed by atoms with E-state index in [1.807, 2.05) is 6.07 Å². The largest absolute Gasteiger partial charge is 0.508 e. The molecule has 2 heterocycles. The zero-order valence-corrected chi connectivity index (χ0v) is 13.2. The van der Waals surface area contributed by atoms with Gasteiger partial charge in [0, 0.05) is 22.6 Å². The lowest BCUT2D eigenvalue weighted by atomic mass is 10.1. The van der Waals surface area contributed by atoms with E-state index in [2.05, 4.69) is 13.8 Å². The lowest BCUT2D eigenvalue weighted by molar-refractivity contribution is -0.928. The molecule has 2 atom stereocenters. The van der Waals surface area contributed by atoms with Gasteiger partial charge in [0.2, 0.25) is 0 Å². The minimum Gasteiger partial charge on any atom is -0.508 e. The minimum absolute atomic E-state index is 0.147. The van der Waals surface area contributed by atoms with Gasteiger partial charge in [-0.1, -0.05) is 0 Å². The van der Waals surface area contributed by atoms with E-state index in [0.717, 1.165) is 30.6 Å². The first-order valence-corrected chi connectivity index (χ1v) is 7.68. The topological polar surface area (TPSA) is 64.1 Å². The zero-order chi connectivity index (χ0) is 15.9. The van der Waals surface area contributed by atoms with Crippen LogP contribution in [0.3, 0.4) is 0 Å². The van der Waals surface area contributed by atoms with Crippen molar-refractivity contribution in [2.75, 3.05) is 13.1 Å². The highest BCUT2D eigenvalue weighted by molar-refractivity contribution is 5.84. The number of fused-ring (bicyclic) bond motifs is 1. The zero-order valence-electron chi connectivity index (χ0n) is 13.2. The standard InChI is InChI=1S/C17H21NO4/c1-10-7-18(8-11(2)21-10)9-13-6-16(20)22-17-12(3)15(19)5-4-14(13)17/h4-6,10-11,19H,7-9H2,1-3H3/p+1/t10-,11-/m1/s1. The van der Waals surface area contributed by atoms with Crippen molar-refractivity contribution in [3.63, 3.8) is 0 Å². The molecule has 1 aliphatic rings. The molecule has 0 amide bonds. The first-order valence-electron chi connectivity index (χ1n) is 7.68. The van der Waals surface area contributed by atoms with Crippen LogP contribution >= 0.6 is 0 Å². The molecule has 0 bridgehead atoms. The van der Waals surface area contributed by atoms with Gasteiger partial charge in [0.1, 0.15) is 43.2 Å². The predicted octanol–water partition coefficient (Wildman–Crippen LogP) is 0.999. The van der Waals surface area contributed by atoms with Crippen molar-refractivity contribution >= 4 is 11.0 Å². The molecule has 3 rings (SSSR count). The van der Waals surface area contributed by atoms with E-state index in [-0.39, 0.29) is 23.6 Å². The number of aryl methyl sites for hydroxylation is 1. The van der Waals surface area contributed by atoms with Crippen molar-refractivity contribution < 1.29 is 19.2 Å². The molecule has 1 saturated heterocycles. The fraction of sp³-hybridized carbons (Fsp3) is 0.471. The minimum atomic E-state index is -0.370. The van der Waals surface area contributed by atoms with Crippen molar-refractivity contribution in [2.24, 2.45) is 0 Å². The molecule has 0 unspecified atom stereocenters. The highest BCUT2D eigenvalue weighted by Crippen LogP contribution is 2.27. The molecule has 0 spiro atoms. The van der Waals surface area contributed by atoms with Gasteiger partial charge in [0.25, 0.3) is 0 Å². The third-order valence-corrected chi connectivity index (χ3v) is 4.28. The maximum atomic E-state index is 11.9.